The molecular weight excluding hydrogens is 763 g/mol. The van der Waals surface area contributed by atoms with Crippen LogP contribution < -0.4 is 4.90 Å². The van der Waals surface area contributed by atoms with Crippen LogP contribution in [0.5, 0.6) is 0 Å². The fourth-order valence-corrected chi connectivity index (χ4v) is 9.93. The molecule has 9 aromatic carbocycles. The average molecular weight is 812 g/mol. The largest absolute Gasteiger partial charge is 0.456 e. The summed E-state index contributed by atoms with van der Waals surface area (Å²) in [6, 6.07) is 75.5. The second kappa shape index (κ2) is 14.9. The van der Waals surface area contributed by atoms with E-state index in [9.17, 15) is 0 Å². The smallest absolute Gasteiger partial charge is 0.136 e. The van der Waals surface area contributed by atoms with Gasteiger partial charge in [-0.1, -0.05) is 198 Å². The number of para-hydroxylation sites is 1. The van der Waals surface area contributed by atoms with E-state index in [1.807, 2.05) is 6.07 Å². The number of fused-ring (bicyclic) bond motifs is 6. The van der Waals surface area contributed by atoms with Gasteiger partial charge >= 0.3 is 0 Å². The minimum Gasteiger partial charge on any atom is -0.456 e. The fraction of sp³-hybridized carbons (Fsp3) is 0.115. The first-order valence-electron chi connectivity index (χ1n) is 22.1. The fourth-order valence-electron chi connectivity index (χ4n) is 9.93. The molecule has 1 aliphatic rings. The third-order valence-electron chi connectivity index (χ3n) is 13.3. The third-order valence-corrected chi connectivity index (χ3v) is 13.3. The number of benzene rings is 9. The normalized spacial score (nSPS) is 13.0. The average Bonchev–Trinajstić information content (AvgIpc) is 3.82. The molecule has 11 rings (SSSR count). The molecule has 0 aliphatic heterocycles. The summed E-state index contributed by atoms with van der Waals surface area (Å²) in [5.41, 5.74) is 21.2. The van der Waals surface area contributed by atoms with Gasteiger partial charge in [0.2, 0.25) is 0 Å². The number of nitrogens with zero attached hydrogens (tertiary/aromatic N) is 1. The van der Waals surface area contributed by atoms with E-state index in [2.05, 4.69) is 240 Å². The van der Waals surface area contributed by atoms with Crippen molar-refractivity contribution in [1.29, 1.82) is 0 Å². The van der Waals surface area contributed by atoms with Gasteiger partial charge in [0.25, 0.3) is 0 Å². The van der Waals surface area contributed by atoms with Crippen LogP contribution in [0.1, 0.15) is 51.3 Å². The van der Waals surface area contributed by atoms with Crippen LogP contribution in [-0.4, -0.2) is 0 Å². The van der Waals surface area contributed by atoms with Gasteiger partial charge in [-0.25, -0.2) is 0 Å². The molecule has 2 heteroatoms. The number of furan rings is 1. The number of hydrogen-bond donors (Lipinski definition) is 0. The van der Waals surface area contributed by atoms with E-state index >= 15 is 0 Å². The molecule has 0 bridgehead atoms. The van der Waals surface area contributed by atoms with Crippen molar-refractivity contribution < 1.29 is 4.42 Å². The summed E-state index contributed by atoms with van der Waals surface area (Å²) in [4.78, 5) is 2.44. The lowest BCUT2D eigenvalue weighted by Gasteiger charge is -2.29. The van der Waals surface area contributed by atoms with Gasteiger partial charge in [-0.2, -0.15) is 0 Å². The van der Waals surface area contributed by atoms with E-state index in [0.717, 1.165) is 55.7 Å². The molecule has 0 fully saturated rings. The van der Waals surface area contributed by atoms with E-state index in [1.165, 1.54) is 55.6 Å². The molecule has 0 spiro atoms. The summed E-state index contributed by atoms with van der Waals surface area (Å²) in [5.74, 6) is 0. The van der Waals surface area contributed by atoms with Crippen molar-refractivity contribution in [3.63, 3.8) is 0 Å². The minimum atomic E-state index is -0.0672. The summed E-state index contributed by atoms with van der Waals surface area (Å²) in [7, 11) is 0. The van der Waals surface area contributed by atoms with Crippen molar-refractivity contribution >= 4 is 39.0 Å². The molecule has 0 unspecified atom stereocenters. The van der Waals surface area contributed by atoms with Gasteiger partial charge in [0, 0.05) is 33.1 Å². The lowest BCUT2D eigenvalue weighted by molar-refractivity contribution is 0.590. The first-order valence-corrected chi connectivity index (χ1v) is 22.1. The van der Waals surface area contributed by atoms with Gasteiger partial charge < -0.3 is 9.32 Å². The topological polar surface area (TPSA) is 16.4 Å². The highest BCUT2D eigenvalue weighted by atomic mass is 16.3. The predicted molar refractivity (Wildman–Crippen MR) is 266 cm³/mol. The van der Waals surface area contributed by atoms with E-state index < -0.39 is 0 Å². The highest BCUT2D eigenvalue weighted by Gasteiger charge is 2.36. The lowest BCUT2D eigenvalue weighted by atomic mass is 9.82. The van der Waals surface area contributed by atoms with Crippen LogP contribution in [0.2, 0.25) is 0 Å². The van der Waals surface area contributed by atoms with Crippen LogP contribution in [0.4, 0.5) is 17.1 Å². The zero-order valence-electron chi connectivity index (χ0n) is 36.5. The van der Waals surface area contributed by atoms with Crippen molar-refractivity contribution in [3.05, 3.63) is 223 Å². The van der Waals surface area contributed by atoms with Gasteiger partial charge in [-0.3, -0.25) is 0 Å². The van der Waals surface area contributed by atoms with Crippen LogP contribution >= 0.6 is 0 Å². The monoisotopic (exact) mass is 811 g/mol. The maximum Gasteiger partial charge on any atom is 0.136 e. The van der Waals surface area contributed by atoms with E-state index in [-0.39, 0.29) is 10.8 Å². The van der Waals surface area contributed by atoms with E-state index in [0.29, 0.717) is 0 Å². The van der Waals surface area contributed by atoms with E-state index in [1.54, 1.807) is 0 Å². The summed E-state index contributed by atoms with van der Waals surface area (Å²) >= 11 is 0. The Morgan fingerprint density at radius 3 is 1.70 bits per heavy atom. The second-order valence-electron chi connectivity index (χ2n) is 18.5. The van der Waals surface area contributed by atoms with Crippen molar-refractivity contribution in [2.45, 2.75) is 45.4 Å². The molecular formula is C61H49NO. The Bertz CT molecular complexity index is 3310. The van der Waals surface area contributed by atoms with Crippen molar-refractivity contribution in [3.8, 4) is 55.6 Å². The lowest BCUT2D eigenvalue weighted by Crippen LogP contribution is -2.14. The molecule has 10 aromatic rings. The molecule has 0 saturated heterocycles. The minimum absolute atomic E-state index is 0.0634. The molecule has 304 valence electrons. The van der Waals surface area contributed by atoms with Gasteiger partial charge in [-0.15, -0.1) is 0 Å². The van der Waals surface area contributed by atoms with Gasteiger partial charge in [0.15, 0.2) is 0 Å². The Morgan fingerprint density at radius 2 is 0.952 bits per heavy atom. The predicted octanol–water partition coefficient (Wildman–Crippen LogP) is 17.3. The molecule has 1 aromatic heterocycles. The second-order valence-corrected chi connectivity index (χ2v) is 18.5. The standard InChI is InChI=1S/C61H49NO/c1-60(2,3)45-32-25-42(26-33-45)44-31-38-49(50-20-14-24-57-59(50)52-18-10-12-23-56(52)63-57)55(39-44)62(46-34-27-41(28-35-46)40-15-7-6-8-16-40)47-36-29-43(30-37-47)48-19-13-22-54-58(48)51-17-9-11-21-53(51)61(54,4)5/h6-39H,1-5H3. The highest BCUT2D eigenvalue weighted by Crippen LogP contribution is 2.53. The maximum atomic E-state index is 6.48. The Balaban J connectivity index is 1.13. The molecule has 63 heavy (non-hydrogen) atoms. The molecule has 0 saturated carbocycles. The summed E-state index contributed by atoms with van der Waals surface area (Å²) < 4.78 is 6.48. The highest BCUT2D eigenvalue weighted by molar-refractivity contribution is 6.14. The zero-order chi connectivity index (χ0) is 42.9. The summed E-state index contributed by atoms with van der Waals surface area (Å²) in [6.45, 7) is 11.5. The van der Waals surface area contributed by atoms with Gasteiger partial charge in [-0.05, 0) is 115 Å². The number of anilines is 3. The summed E-state index contributed by atoms with van der Waals surface area (Å²) in [6.07, 6.45) is 0. The molecule has 0 N–H and O–H groups in total. The molecule has 1 aliphatic carbocycles. The SMILES string of the molecule is CC(C)(C)c1ccc(-c2ccc(-c3cccc4oc5ccccc5c34)c(N(c3ccc(-c4ccccc4)cc3)c3ccc(-c4cccc5c4-c4ccccc4C5(C)C)cc3)c2)cc1. The Kier molecular flexibility index (Phi) is 9.10. The van der Waals surface area contributed by atoms with Crippen molar-refractivity contribution in [1.82, 2.24) is 0 Å². The van der Waals surface area contributed by atoms with Crippen molar-refractivity contribution in [2.75, 3.05) is 4.90 Å². The zero-order valence-corrected chi connectivity index (χ0v) is 36.5. The molecule has 1 heterocycles. The van der Waals surface area contributed by atoms with Crippen LogP contribution in [0.15, 0.2) is 211 Å². The number of hydrogen-bond acceptors (Lipinski definition) is 2. The van der Waals surface area contributed by atoms with Gasteiger partial charge in [0.05, 0.1) is 5.69 Å². The van der Waals surface area contributed by atoms with Crippen LogP contribution in [0.3, 0.4) is 0 Å². The molecule has 2 nitrogen and oxygen atoms in total. The molecule has 0 radical (unpaired) electrons. The van der Waals surface area contributed by atoms with Crippen molar-refractivity contribution in [2.24, 2.45) is 0 Å². The molecule has 0 amide bonds. The molecule has 0 atom stereocenters. The Labute approximate surface area is 370 Å². The van der Waals surface area contributed by atoms with Crippen LogP contribution in [-0.2, 0) is 10.8 Å². The Hall–Kier alpha value is -7.42. The van der Waals surface area contributed by atoms with Gasteiger partial charge in [0.1, 0.15) is 11.2 Å². The third kappa shape index (κ3) is 6.57. The van der Waals surface area contributed by atoms with Crippen LogP contribution in [0.25, 0.3) is 77.6 Å². The Morgan fingerprint density at radius 1 is 0.413 bits per heavy atom. The first-order chi connectivity index (χ1) is 30.6. The first kappa shape index (κ1) is 38.5. The quantitative estimate of drug-likeness (QED) is 0.159. The number of rotatable bonds is 7. The van der Waals surface area contributed by atoms with E-state index in [4.69, 9.17) is 4.42 Å². The van der Waals surface area contributed by atoms with Crippen LogP contribution in [0, 0.1) is 0 Å². The maximum absolute atomic E-state index is 6.48. The summed E-state index contributed by atoms with van der Waals surface area (Å²) in [5, 5.41) is 2.23.